The van der Waals surface area contributed by atoms with Crippen LogP contribution in [0.2, 0.25) is 0 Å². The van der Waals surface area contributed by atoms with Crippen molar-refractivity contribution >= 4 is 57.4 Å². The quantitative estimate of drug-likeness (QED) is 0.158. The monoisotopic (exact) mass is 600 g/mol. The molecule has 0 radical (unpaired) electrons. The number of methoxy groups -OCH3 is 2. The van der Waals surface area contributed by atoms with Gasteiger partial charge in [0.25, 0.3) is 11.8 Å². The molecule has 42 heavy (non-hydrogen) atoms. The van der Waals surface area contributed by atoms with Gasteiger partial charge in [-0.2, -0.15) is 0 Å². The van der Waals surface area contributed by atoms with Gasteiger partial charge in [-0.25, -0.2) is 0 Å². The normalized spacial score (nSPS) is 12.0. The van der Waals surface area contributed by atoms with E-state index in [0.717, 1.165) is 0 Å². The second kappa shape index (κ2) is 13.7. The summed E-state index contributed by atoms with van der Waals surface area (Å²) in [5, 5.41) is 9.38. The number of ether oxygens (including phenoxy) is 2. The molecule has 0 aliphatic rings. The molecule has 0 fully saturated rings. The summed E-state index contributed by atoms with van der Waals surface area (Å²) in [7, 11) is 2.75. The lowest BCUT2D eigenvalue weighted by Gasteiger charge is -2.17. The summed E-state index contributed by atoms with van der Waals surface area (Å²) < 4.78 is 10.7. The first-order valence-corrected chi connectivity index (χ1v) is 14.5. The van der Waals surface area contributed by atoms with E-state index in [-0.39, 0.29) is 45.6 Å². The van der Waals surface area contributed by atoms with Crippen molar-refractivity contribution in [3.63, 3.8) is 0 Å². The van der Waals surface area contributed by atoms with Crippen LogP contribution in [-0.2, 0) is 19.1 Å². The number of thiophene rings is 2. The highest BCUT2D eigenvalue weighted by Crippen LogP contribution is 2.30. The van der Waals surface area contributed by atoms with Gasteiger partial charge >= 0.3 is 0 Å². The molecule has 214 valence electrons. The maximum Gasteiger partial charge on any atom is 0.256 e. The van der Waals surface area contributed by atoms with Gasteiger partial charge in [-0.3, -0.25) is 19.2 Å². The van der Waals surface area contributed by atoms with Crippen LogP contribution in [0.1, 0.15) is 44.3 Å². The van der Waals surface area contributed by atoms with Crippen molar-refractivity contribution < 1.29 is 28.7 Å². The zero-order valence-electron chi connectivity index (χ0n) is 23.3. The van der Waals surface area contributed by atoms with Crippen molar-refractivity contribution in [2.75, 3.05) is 14.2 Å². The van der Waals surface area contributed by atoms with Crippen LogP contribution in [0.3, 0.4) is 0 Å². The van der Waals surface area contributed by atoms with E-state index >= 15 is 0 Å². The molecular formula is C32H28N2O6S2. The first-order chi connectivity index (χ1) is 20.3. The van der Waals surface area contributed by atoms with Crippen molar-refractivity contribution in [3.05, 3.63) is 116 Å². The van der Waals surface area contributed by atoms with Gasteiger partial charge in [-0.05, 0) is 46.2 Å². The van der Waals surface area contributed by atoms with E-state index in [2.05, 4.69) is 10.6 Å². The predicted molar refractivity (Wildman–Crippen MR) is 165 cm³/mol. The van der Waals surface area contributed by atoms with Crippen LogP contribution in [0.25, 0.3) is 22.5 Å². The Morgan fingerprint density at radius 2 is 0.952 bits per heavy atom. The van der Waals surface area contributed by atoms with Crippen LogP contribution in [-0.4, -0.2) is 37.6 Å². The van der Waals surface area contributed by atoms with Crippen LogP contribution in [0, 0.1) is 0 Å². The minimum absolute atomic E-state index is 0.0235. The Hall–Kier alpha value is -4.80. The molecular weight excluding hydrogens is 572 g/mol. The lowest BCUT2D eigenvalue weighted by molar-refractivity contribution is -0.117. The first kappa shape index (κ1) is 30.2. The second-order valence-electron chi connectivity index (χ2n) is 8.88. The molecule has 2 amide bonds. The number of allylic oxidation sites excluding steroid dienone is 2. The fraction of sp³-hybridized carbons (Fsp3) is 0.125. The fourth-order valence-electron chi connectivity index (χ4n) is 4.34. The summed E-state index contributed by atoms with van der Waals surface area (Å²) in [6.45, 7) is 2.72. The van der Waals surface area contributed by atoms with E-state index in [1.165, 1.54) is 50.7 Å². The Kier molecular flexibility index (Phi) is 9.85. The molecule has 0 aliphatic heterocycles. The molecule has 8 nitrogen and oxygen atoms in total. The third-order valence-electron chi connectivity index (χ3n) is 6.15. The van der Waals surface area contributed by atoms with Gasteiger partial charge in [0.2, 0.25) is 0 Å². The number of carbonyl (C=O) groups is 4. The maximum atomic E-state index is 13.7. The number of Topliss-reactive ketones (excluding diaryl/α,β-unsaturated/α-hetero) is 2. The number of benzene rings is 2. The summed E-state index contributed by atoms with van der Waals surface area (Å²) in [5.74, 6) is -1.61. The molecule has 0 bridgehead atoms. The van der Waals surface area contributed by atoms with Gasteiger partial charge in [0.05, 0.1) is 24.0 Å². The lowest BCUT2D eigenvalue weighted by atomic mass is 9.94. The van der Waals surface area contributed by atoms with Gasteiger partial charge in [-0.15, -0.1) is 22.7 Å². The van der Waals surface area contributed by atoms with Crippen molar-refractivity contribution in [1.29, 1.82) is 0 Å². The topological polar surface area (TPSA) is 111 Å². The Morgan fingerprint density at radius 3 is 1.26 bits per heavy atom. The predicted octanol–water partition coefficient (Wildman–Crippen LogP) is 6.14. The maximum absolute atomic E-state index is 13.7. The SMILES string of the molecule is CO/C(C(C)=O)=C(/NC(=O)c1ccccc1-c1ccccc1C(=O)N/C(=C(/OC)C(C)=O)c1cccs1)c1cccs1. The van der Waals surface area contributed by atoms with Gasteiger partial charge < -0.3 is 20.1 Å². The molecule has 4 rings (SSSR count). The molecule has 2 aromatic heterocycles. The average Bonchev–Trinajstić information content (AvgIpc) is 3.72. The summed E-state index contributed by atoms with van der Waals surface area (Å²) >= 11 is 2.70. The molecule has 0 spiro atoms. The van der Waals surface area contributed by atoms with Crippen LogP contribution < -0.4 is 10.6 Å². The summed E-state index contributed by atoms with van der Waals surface area (Å²) in [6.07, 6.45) is 0. The van der Waals surface area contributed by atoms with Crippen LogP contribution >= 0.6 is 22.7 Å². The number of carbonyl (C=O) groups excluding carboxylic acids is 4. The zero-order valence-corrected chi connectivity index (χ0v) is 25.0. The largest absolute Gasteiger partial charge is 0.491 e. The fourth-order valence-corrected chi connectivity index (χ4v) is 5.78. The molecule has 2 aromatic carbocycles. The number of nitrogens with one attached hydrogen (secondary N) is 2. The Morgan fingerprint density at radius 1 is 0.571 bits per heavy atom. The molecule has 0 aliphatic carbocycles. The average molecular weight is 601 g/mol. The second-order valence-corrected chi connectivity index (χ2v) is 10.8. The summed E-state index contributed by atoms with van der Waals surface area (Å²) in [6, 6.07) is 20.9. The first-order valence-electron chi connectivity index (χ1n) is 12.7. The van der Waals surface area contributed by atoms with E-state index < -0.39 is 11.8 Å². The van der Waals surface area contributed by atoms with E-state index in [1.807, 2.05) is 22.9 Å². The van der Waals surface area contributed by atoms with Gasteiger partial charge in [0.1, 0.15) is 11.4 Å². The minimum atomic E-state index is -0.488. The molecule has 10 heteroatoms. The van der Waals surface area contributed by atoms with Crippen molar-refractivity contribution in [2.45, 2.75) is 13.8 Å². The lowest BCUT2D eigenvalue weighted by Crippen LogP contribution is -2.26. The third-order valence-corrected chi connectivity index (χ3v) is 7.92. The van der Waals surface area contributed by atoms with Crippen LogP contribution in [0.15, 0.2) is 95.1 Å². The number of amides is 2. The molecule has 2 heterocycles. The van der Waals surface area contributed by atoms with Crippen LogP contribution in [0.5, 0.6) is 0 Å². The molecule has 0 atom stereocenters. The van der Waals surface area contributed by atoms with E-state index in [0.29, 0.717) is 20.9 Å². The van der Waals surface area contributed by atoms with E-state index in [9.17, 15) is 19.2 Å². The number of hydrogen-bond acceptors (Lipinski definition) is 8. The Balaban J connectivity index is 1.76. The smallest absolute Gasteiger partial charge is 0.256 e. The van der Waals surface area contributed by atoms with Gasteiger partial charge in [0, 0.05) is 25.0 Å². The van der Waals surface area contributed by atoms with Gasteiger partial charge in [-0.1, -0.05) is 48.5 Å². The number of hydrogen-bond donors (Lipinski definition) is 2. The Bertz CT molecular complexity index is 1560. The van der Waals surface area contributed by atoms with E-state index in [1.54, 1.807) is 60.7 Å². The molecule has 0 unspecified atom stereocenters. The number of ketones is 2. The van der Waals surface area contributed by atoms with E-state index in [4.69, 9.17) is 9.47 Å². The minimum Gasteiger partial charge on any atom is -0.491 e. The van der Waals surface area contributed by atoms with Crippen molar-refractivity contribution in [1.82, 2.24) is 10.6 Å². The summed E-state index contributed by atoms with van der Waals surface area (Å²) in [4.78, 5) is 53.4. The van der Waals surface area contributed by atoms with Crippen molar-refractivity contribution in [2.24, 2.45) is 0 Å². The molecule has 2 N–H and O–H groups in total. The number of rotatable bonds is 11. The Labute approximate surface area is 251 Å². The zero-order chi connectivity index (χ0) is 30.2. The standard InChI is InChI=1S/C32H28N2O6S2/c1-19(35)29(39-3)27(25-15-9-17-41-25)33-31(37)23-13-7-5-11-21(23)22-12-6-8-14-24(22)32(38)34-28(26-16-10-18-42-26)30(40-4)20(2)36/h5-18H,1-4H3,(H,33,37)(H,34,38)/b29-27+,30-28+. The molecule has 4 aromatic rings. The highest BCUT2D eigenvalue weighted by atomic mass is 32.1. The molecule has 0 saturated carbocycles. The highest BCUT2D eigenvalue weighted by molar-refractivity contribution is 7.11. The highest BCUT2D eigenvalue weighted by Gasteiger charge is 2.24. The van der Waals surface area contributed by atoms with Gasteiger partial charge in [0.15, 0.2) is 23.1 Å². The molecule has 0 saturated heterocycles. The summed E-state index contributed by atoms with van der Waals surface area (Å²) in [5.41, 5.74) is 2.06. The van der Waals surface area contributed by atoms with Crippen LogP contribution in [0.4, 0.5) is 0 Å². The third kappa shape index (κ3) is 6.56. The van der Waals surface area contributed by atoms with Crippen molar-refractivity contribution in [3.8, 4) is 11.1 Å².